The molecule has 1 heteroatoms. The maximum Gasteiger partial charge on any atom is 0.0254 e. The van der Waals surface area contributed by atoms with Gasteiger partial charge in [-0.1, -0.05) is 125 Å². The van der Waals surface area contributed by atoms with Crippen LogP contribution in [-0.4, -0.2) is 0 Å². The Morgan fingerprint density at radius 3 is 1.42 bits per heavy atom. The van der Waals surface area contributed by atoms with Crippen LogP contribution in [0.3, 0.4) is 0 Å². The molecule has 0 unspecified atom stereocenters. The molecule has 0 radical (unpaired) electrons. The van der Waals surface area contributed by atoms with E-state index in [2.05, 4.69) is 131 Å². The van der Waals surface area contributed by atoms with Crippen molar-refractivity contribution in [3.63, 3.8) is 0 Å². The van der Waals surface area contributed by atoms with E-state index in [9.17, 15) is 0 Å². The summed E-state index contributed by atoms with van der Waals surface area (Å²) in [6, 6.07) is 41.8. The van der Waals surface area contributed by atoms with Gasteiger partial charge in [0.05, 0.1) is 0 Å². The van der Waals surface area contributed by atoms with E-state index in [4.69, 9.17) is 0 Å². The van der Waals surface area contributed by atoms with E-state index in [1.54, 1.807) is 0 Å². The normalized spacial score (nSPS) is 11.8. The predicted molar refractivity (Wildman–Crippen MR) is 144 cm³/mol. The second kappa shape index (κ2) is 7.16. The molecule has 0 nitrogen and oxygen atoms in total. The molecular weight excluding hydrogens is 464 g/mol. The van der Waals surface area contributed by atoms with Crippen LogP contribution >= 0.6 is 15.9 Å². The zero-order valence-electron chi connectivity index (χ0n) is 17.8. The standard InChI is InChI=1S/C32H19Br/c33-27-19-18-26-30-24(27)16-9-17-25(30)31-28(20-10-3-1-4-11-20)22-14-7-8-15-23(22)29(32(26)31)21-12-5-2-6-13-21/h1-19H. The third kappa shape index (κ3) is 2.63. The Morgan fingerprint density at radius 1 is 0.364 bits per heavy atom. The van der Waals surface area contributed by atoms with Crippen molar-refractivity contribution < 1.29 is 0 Å². The molecular formula is C32H19Br. The lowest BCUT2D eigenvalue weighted by Crippen LogP contribution is -1.93. The summed E-state index contributed by atoms with van der Waals surface area (Å²) in [4.78, 5) is 0. The van der Waals surface area contributed by atoms with Gasteiger partial charge in [0.15, 0.2) is 0 Å². The highest BCUT2D eigenvalue weighted by atomic mass is 79.9. The highest BCUT2D eigenvalue weighted by Gasteiger charge is 2.30. The van der Waals surface area contributed by atoms with Crippen molar-refractivity contribution >= 4 is 37.5 Å². The van der Waals surface area contributed by atoms with Crippen molar-refractivity contribution in [3.8, 4) is 44.5 Å². The van der Waals surface area contributed by atoms with Crippen LogP contribution in [0.2, 0.25) is 0 Å². The quantitative estimate of drug-likeness (QED) is 0.230. The fourth-order valence-electron chi connectivity index (χ4n) is 5.57. The van der Waals surface area contributed by atoms with Gasteiger partial charge in [-0.2, -0.15) is 0 Å². The van der Waals surface area contributed by atoms with Gasteiger partial charge in [0.25, 0.3) is 0 Å². The van der Waals surface area contributed by atoms with E-state index in [1.807, 2.05) is 0 Å². The number of hydrogen-bond donors (Lipinski definition) is 0. The van der Waals surface area contributed by atoms with Crippen molar-refractivity contribution in [2.45, 2.75) is 0 Å². The molecule has 0 N–H and O–H groups in total. The minimum absolute atomic E-state index is 1.14. The molecule has 0 fully saturated rings. The molecule has 6 aromatic carbocycles. The molecule has 1 aliphatic rings. The van der Waals surface area contributed by atoms with Gasteiger partial charge in [-0.25, -0.2) is 0 Å². The van der Waals surface area contributed by atoms with Crippen LogP contribution in [0.15, 0.2) is 120 Å². The second-order valence-electron chi connectivity index (χ2n) is 8.60. The first-order valence-electron chi connectivity index (χ1n) is 11.2. The van der Waals surface area contributed by atoms with Crippen LogP contribution < -0.4 is 0 Å². The van der Waals surface area contributed by atoms with Gasteiger partial charge in [0, 0.05) is 4.47 Å². The Hall–Kier alpha value is -3.68. The van der Waals surface area contributed by atoms with E-state index in [0.717, 1.165) is 4.47 Å². The Kier molecular flexibility index (Phi) is 4.09. The van der Waals surface area contributed by atoms with Gasteiger partial charge in [-0.05, 0) is 72.1 Å². The average Bonchev–Trinajstić information content (AvgIpc) is 3.21. The van der Waals surface area contributed by atoms with Crippen LogP contribution in [0.4, 0.5) is 0 Å². The predicted octanol–water partition coefficient (Wildman–Crippen LogP) is 9.74. The number of halogens is 1. The summed E-state index contributed by atoms with van der Waals surface area (Å²) in [6.07, 6.45) is 0. The first-order chi connectivity index (χ1) is 16.3. The lowest BCUT2D eigenvalue weighted by molar-refractivity contribution is 1.62. The molecule has 6 aromatic rings. The molecule has 0 amide bonds. The van der Waals surface area contributed by atoms with E-state index < -0.39 is 0 Å². The van der Waals surface area contributed by atoms with Gasteiger partial charge in [0.1, 0.15) is 0 Å². The zero-order chi connectivity index (χ0) is 21.9. The fraction of sp³-hybridized carbons (Fsp3) is 0. The molecule has 0 spiro atoms. The lowest BCUT2D eigenvalue weighted by Gasteiger charge is -2.20. The molecule has 154 valence electrons. The molecule has 1 aliphatic carbocycles. The van der Waals surface area contributed by atoms with Gasteiger partial charge in [0.2, 0.25) is 0 Å². The van der Waals surface area contributed by atoms with Crippen molar-refractivity contribution in [2.75, 3.05) is 0 Å². The topological polar surface area (TPSA) is 0 Å². The van der Waals surface area contributed by atoms with Crippen molar-refractivity contribution in [3.05, 3.63) is 120 Å². The highest BCUT2D eigenvalue weighted by Crippen LogP contribution is 2.58. The molecule has 0 aliphatic heterocycles. The van der Waals surface area contributed by atoms with Crippen LogP contribution in [-0.2, 0) is 0 Å². The van der Waals surface area contributed by atoms with Crippen LogP contribution in [0.5, 0.6) is 0 Å². The molecule has 0 heterocycles. The van der Waals surface area contributed by atoms with Gasteiger partial charge < -0.3 is 0 Å². The summed E-state index contributed by atoms with van der Waals surface area (Å²) < 4.78 is 1.14. The van der Waals surface area contributed by atoms with Crippen molar-refractivity contribution in [1.82, 2.24) is 0 Å². The summed E-state index contributed by atoms with van der Waals surface area (Å²) in [5.41, 5.74) is 10.5. The Bertz CT molecular complexity index is 1600. The highest BCUT2D eigenvalue weighted by molar-refractivity contribution is 9.10. The minimum atomic E-state index is 1.14. The number of fused-ring (bicyclic) bond motifs is 4. The Labute approximate surface area is 201 Å². The summed E-state index contributed by atoms with van der Waals surface area (Å²) in [5, 5.41) is 5.20. The first kappa shape index (κ1) is 18.8. The SMILES string of the molecule is Brc1ccc2c3c(cccc13)-c1c-2c(-c2ccccc2)c2ccccc2c1-c1ccccc1. The molecule has 0 saturated carbocycles. The zero-order valence-corrected chi connectivity index (χ0v) is 19.4. The molecule has 0 bridgehead atoms. The molecule has 7 rings (SSSR count). The molecule has 0 aromatic heterocycles. The third-order valence-electron chi connectivity index (χ3n) is 6.87. The van der Waals surface area contributed by atoms with E-state index >= 15 is 0 Å². The number of benzene rings is 6. The maximum absolute atomic E-state index is 3.81. The Morgan fingerprint density at radius 2 is 0.848 bits per heavy atom. The van der Waals surface area contributed by atoms with Crippen LogP contribution in [0.1, 0.15) is 0 Å². The van der Waals surface area contributed by atoms with Crippen LogP contribution in [0.25, 0.3) is 66.1 Å². The number of hydrogen-bond acceptors (Lipinski definition) is 0. The summed E-state index contributed by atoms with van der Waals surface area (Å²) in [5.74, 6) is 0. The minimum Gasteiger partial charge on any atom is -0.0622 e. The van der Waals surface area contributed by atoms with Gasteiger partial charge >= 0.3 is 0 Å². The molecule has 0 saturated heterocycles. The summed E-state index contributed by atoms with van der Waals surface area (Å²) >= 11 is 3.81. The summed E-state index contributed by atoms with van der Waals surface area (Å²) in [7, 11) is 0. The van der Waals surface area contributed by atoms with E-state index in [-0.39, 0.29) is 0 Å². The summed E-state index contributed by atoms with van der Waals surface area (Å²) in [6.45, 7) is 0. The van der Waals surface area contributed by atoms with E-state index in [0.29, 0.717) is 0 Å². The maximum atomic E-state index is 3.81. The van der Waals surface area contributed by atoms with E-state index in [1.165, 1.54) is 66.1 Å². The molecule has 33 heavy (non-hydrogen) atoms. The average molecular weight is 483 g/mol. The first-order valence-corrected chi connectivity index (χ1v) is 12.0. The third-order valence-corrected chi connectivity index (χ3v) is 7.56. The second-order valence-corrected chi connectivity index (χ2v) is 9.46. The largest absolute Gasteiger partial charge is 0.0622 e. The van der Waals surface area contributed by atoms with Crippen LogP contribution in [0, 0.1) is 0 Å². The smallest absolute Gasteiger partial charge is 0.0254 e. The molecule has 0 atom stereocenters. The van der Waals surface area contributed by atoms with Gasteiger partial charge in [-0.15, -0.1) is 0 Å². The fourth-order valence-corrected chi connectivity index (χ4v) is 6.04. The van der Waals surface area contributed by atoms with Crippen molar-refractivity contribution in [2.24, 2.45) is 0 Å². The van der Waals surface area contributed by atoms with Crippen molar-refractivity contribution in [1.29, 1.82) is 0 Å². The van der Waals surface area contributed by atoms with Gasteiger partial charge in [-0.3, -0.25) is 0 Å². The monoisotopic (exact) mass is 482 g/mol. The lowest BCUT2D eigenvalue weighted by atomic mass is 9.82. The number of rotatable bonds is 2. The Balaban J connectivity index is 1.78.